The van der Waals surface area contributed by atoms with Crippen LogP contribution in [0.1, 0.15) is 26.3 Å². The average Bonchev–Trinajstić information content (AvgIpc) is 2.45. The van der Waals surface area contributed by atoms with E-state index in [0.29, 0.717) is 6.07 Å². The predicted octanol–water partition coefficient (Wildman–Crippen LogP) is 4.31. The lowest BCUT2D eigenvalue weighted by molar-refractivity contribution is -0.137. The molecule has 2 rings (SSSR count). The summed E-state index contributed by atoms with van der Waals surface area (Å²) in [5.74, 6) is -2.17. The van der Waals surface area contributed by atoms with E-state index in [4.69, 9.17) is 16.7 Å². The van der Waals surface area contributed by atoms with Gasteiger partial charge in [0.1, 0.15) is 0 Å². The van der Waals surface area contributed by atoms with Crippen LogP contribution >= 0.6 is 11.6 Å². The van der Waals surface area contributed by atoms with E-state index in [1.54, 1.807) is 0 Å². The van der Waals surface area contributed by atoms with Crippen molar-refractivity contribution in [3.8, 4) is 0 Å². The number of anilines is 1. The monoisotopic (exact) mass is 343 g/mol. The van der Waals surface area contributed by atoms with Crippen LogP contribution in [0.2, 0.25) is 5.02 Å². The number of benzene rings is 2. The molecule has 120 valence electrons. The number of amides is 1. The minimum atomic E-state index is -4.62. The van der Waals surface area contributed by atoms with E-state index in [0.717, 1.165) is 12.1 Å². The number of rotatable bonds is 3. The zero-order valence-corrected chi connectivity index (χ0v) is 12.1. The summed E-state index contributed by atoms with van der Waals surface area (Å²) in [6, 6.07) is 7.93. The molecule has 8 heteroatoms. The Morgan fingerprint density at radius 3 is 2.22 bits per heavy atom. The molecular formula is C15H9ClF3NO3. The van der Waals surface area contributed by atoms with Crippen molar-refractivity contribution in [2.45, 2.75) is 6.18 Å². The summed E-state index contributed by atoms with van der Waals surface area (Å²) in [5.41, 5.74) is -1.64. The van der Waals surface area contributed by atoms with Crippen LogP contribution in [0.5, 0.6) is 0 Å². The van der Waals surface area contributed by atoms with E-state index in [9.17, 15) is 22.8 Å². The third-order valence-corrected chi connectivity index (χ3v) is 3.10. The molecule has 0 saturated heterocycles. The van der Waals surface area contributed by atoms with Crippen LogP contribution in [-0.4, -0.2) is 17.0 Å². The van der Waals surface area contributed by atoms with Gasteiger partial charge in [0.25, 0.3) is 5.91 Å². The zero-order chi connectivity index (χ0) is 17.2. The SMILES string of the molecule is O=C(O)c1ccccc1C(=O)Nc1cc(Cl)cc(C(F)(F)F)c1. The maximum atomic E-state index is 12.7. The van der Waals surface area contributed by atoms with Gasteiger partial charge in [0.05, 0.1) is 16.7 Å². The Hall–Kier alpha value is -2.54. The number of carbonyl (C=O) groups is 2. The molecule has 0 radical (unpaired) electrons. The highest BCUT2D eigenvalue weighted by Gasteiger charge is 2.31. The van der Waals surface area contributed by atoms with Crippen LogP contribution < -0.4 is 5.32 Å². The van der Waals surface area contributed by atoms with Crippen LogP contribution in [0, 0.1) is 0 Å². The Kier molecular flexibility index (Phi) is 4.60. The van der Waals surface area contributed by atoms with Gasteiger partial charge in [-0.05, 0) is 30.3 Å². The highest BCUT2D eigenvalue weighted by Crippen LogP contribution is 2.33. The number of aromatic carboxylic acids is 1. The van der Waals surface area contributed by atoms with Gasteiger partial charge in [-0.3, -0.25) is 4.79 Å². The van der Waals surface area contributed by atoms with Crippen LogP contribution in [-0.2, 0) is 6.18 Å². The first-order chi connectivity index (χ1) is 10.7. The van der Waals surface area contributed by atoms with Gasteiger partial charge < -0.3 is 10.4 Å². The van der Waals surface area contributed by atoms with Crippen LogP contribution in [0.25, 0.3) is 0 Å². The Balaban J connectivity index is 2.35. The average molecular weight is 344 g/mol. The lowest BCUT2D eigenvalue weighted by atomic mass is 10.1. The van der Waals surface area contributed by atoms with E-state index in [1.807, 2.05) is 0 Å². The minimum Gasteiger partial charge on any atom is -0.478 e. The molecule has 0 aliphatic heterocycles. The second kappa shape index (κ2) is 6.29. The van der Waals surface area contributed by atoms with Gasteiger partial charge in [0, 0.05) is 10.7 Å². The standard InChI is InChI=1S/C15H9ClF3NO3/c16-9-5-8(15(17,18)19)6-10(7-9)20-13(21)11-3-1-2-4-12(11)14(22)23/h1-7H,(H,20,21)(H,22,23). The van der Waals surface area contributed by atoms with E-state index >= 15 is 0 Å². The summed E-state index contributed by atoms with van der Waals surface area (Å²) in [4.78, 5) is 23.2. The molecule has 2 aromatic carbocycles. The van der Waals surface area contributed by atoms with Crippen LogP contribution in [0.3, 0.4) is 0 Å². The number of carboxylic acid groups (broad SMARTS) is 1. The summed E-state index contributed by atoms with van der Waals surface area (Å²) in [6.45, 7) is 0. The third-order valence-electron chi connectivity index (χ3n) is 2.89. The minimum absolute atomic E-state index is 0.173. The molecule has 0 spiro atoms. The van der Waals surface area contributed by atoms with Gasteiger partial charge in [-0.1, -0.05) is 23.7 Å². The molecular weight excluding hydrogens is 335 g/mol. The molecule has 0 atom stereocenters. The molecule has 0 aromatic heterocycles. The molecule has 0 bridgehead atoms. The third kappa shape index (κ3) is 4.01. The van der Waals surface area contributed by atoms with Gasteiger partial charge in [0.2, 0.25) is 0 Å². The number of alkyl halides is 3. The van der Waals surface area contributed by atoms with E-state index in [-0.39, 0.29) is 21.8 Å². The number of halogens is 4. The number of carboxylic acids is 1. The maximum absolute atomic E-state index is 12.7. The molecule has 23 heavy (non-hydrogen) atoms. The maximum Gasteiger partial charge on any atom is 0.416 e. The summed E-state index contributed by atoms with van der Waals surface area (Å²) in [5, 5.41) is 11.0. The molecule has 0 unspecified atom stereocenters. The van der Waals surface area contributed by atoms with Crippen molar-refractivity contribution >= 4 is 29.2 Å². The molecule has 0 saturated carbocycles. The van der Waals surface area contributed by atoms with Gasteiger partial charge in [-0.2, -0.15) is 13.2 Å². The number of hydrogen-bond acceptors (Lipinski definition) is 2. The van der Waals surface area contributed by atoms with Crippen molar-refractivity contribution < 1.29 is 27.9 Å². The highest BCUT2D eigenvalue weighted by atomic mass is 35.5. The zero-order valence-electron chi connectivity index (χ0n) is 11.3. The van der Waals surface area contributed by atoms with Crippen molar-refractivity contribution in [1.82, 2.24) is 0 Å². The first kappa shape index (κ1) is 16.8. The van der Waals surface area contributed by atoms with Gasteiger partial charge in [-0.25, -0.2) is 4.79 Å². The first-order valence-electron chi connectivity index (χ1n) is 6.20. The summed E-state index contributed by atoms with van der Waals surface area (Å²) < 4.78 is 38.2. The Morgan fingerprint density at radius 2 is 1.65 bits per heavy atom. The molecule has 0 fully saturated rings. The highest BCUT2D eigenvalue weighted by molar-refractivity contribution is 6.31. The van der Waals surface area contributed by atoms with E-state index in [2.05, 4.69) is 5.32 Å². The topological polar surface area (TPSA) is 66.4 Å². The molecule has 4 nitrogen and oxygen atoms in total. The Labute approximate surface area is 133 Å². The fraction of sp³-hybridized carbons (Fsp3) is 0.0667. The van der Waals surface area contributed by atoms with Gasteiger partial charge in [0.15, 0.2) is 0 Å². The first-order valence-corrected chi connectivity index (χ1v) is 6.58. The van der Waals surface area contributed by atoms with Crippen molar-refractivity contribution in [2.75, 3.05) is 5.32 Å². The number of hydrogen-bond donors (Lipinski definition) is 2. The summed E-state index contributed by atoms with van der Waals surface area (Å²) in [6.07, 6.45) is -4.62. The van der Waals surface area contributed by atoms with E-state index < -0.39 is 23.6 Å². The van der Waals surface area contributed by atoms with Crippen molar-refractivity contribution in [2.24, 2.45) is 0 Å². The fourth-order valence-corrected chi connectivity index (χ4v) is 2.13. The summed E-state index contributed by atoms with van der Waals surface area (Å²) >= 11 is 5.62. The van der Waals surface area contributed by atoms with E-state index in [1.165, 1.54) is 24.3 Å². The predicted molar refractivity (Wildman–Crippen MR) is 77.8 cm³/mol. The second-order valence-corrected chi connectivity index (χ2v) is 4.97. The fourth-order valence-electron chi connectivity index (χ4n) is 1.89. The number of nitrogens with one attached hydrogen (secondary N) is 1. The molecule has 0 aliphatic rings. The van der Waals surface area contributed by atoms with Crippen LogP contribution in [0.4, 0.5) is 18.9 Å². The molecule has 0 heterocycles. The van der Waals surface area contributed by atoms with Crippen molar-refractivity contribution in [3.05, 3.63) is 64.2 Å². The molecule has 0 aliphatic carbocycles. The lowest BCUT2D eigenvalue weighted by Crippen LogP contribution is -2.17. The normalized spacial score (nSPS) is 11.1. The smallest absolute Gasteiger partial charge is 0.416 e. The number of carbonyl (C=O) groups excluding carboxylic acids is 1. The van der Waals surface area contributed by atoms with Crippen LogP contribution in [0.15, 0.2) is 42.5 Å². The quantitative estimate of drug-likeness (QED) is 0.872. The molecule has 2 N–H and O–H groups in total. The van der Waals surface area contributed by atoms with Gasteiger partial charge >= 0.3 is 12.1 Å². The van der Waals surface area contributed by atoms with Gasteiger partial charge in [-0.15, -0.1) is 0 Å². The Bertz CT molecular complexity index is 775. The largest absolute Gasteiger partial charge is 0.478 e. The van der Waals surface area contributed by atoms with Crippen molar-refractivity contribution in [3.63, 3.8) is 0 Å². The Morgan fingerprint density at radius 1 is 1.04 bits per heavy atom. The van der Waals surface area contributed by atoms with Crippen molar-refractivity contribution in [1.29, 1.82) is 0 Å². The second-order valence-electron chi connectivity index (χ2n) is 4.53. The molecule has 1 amide bonds. The summed E-state index contributed by atoms with van der Waals surface area (Å²) in [7, 11) is 0. The lowest BCUT2D eigenvalue weighted by Gasteiger charge is -2.12. The molecule has 2 aromatic rings.